The highest BCUT2D eigenvalue weighted by atomic mass is 16.2. The highest BCUT2D eigenvalue weighted by Gasteiger charge is 2.45. The van der Waals surface area contributed by atoms with Crippen molar-refractivity contribution in [2.45, 2.75) is 19.3 Å². The van der Waals surface area contributed by atoms with Crippen LogP contribution in [0.3, 0.4) is 0 Å². The second-order valence-corrected chi connectivity index (χ2v) is 3.49. The van der Waals surface area contributed by atoms with Crippen LogP contribution in [0.15, 0.2) is 12.2 Å². The van der Waals surface area contributed by atoms with Gasteiger partial charge in [-0.2, -0.15) is 0 Å². The largest absolute Gasteiger partial charge is 0.294 e. The smallest absolute Gasteiger partial charge is 0.243 e. The van der Waals surface area contributed by atoms with E-state index < -0.39 is 0 Å². The fourth-order valence-corrected chi connectivity index (χ4v) is 2.18. The second-order valence-electron chi connectivity index (χ2n) is 3.49. The third-order valence-electron chi connectivity index (χ3n) is 2.86. The van der Waals surface area contributed by atoms with E-state index in [2.05, 4.69) is 11.5 Å². The van der Waals surface area contributed by atoms with Crippen molar-refractivity contribution in [1.29, 1.82) is 0 Å². The van der Waals surface area contributed by atoms with Crippen LogP contribution in [0.25, 0.3) is 0 Å². The van der Waals surface area contributed by atoms with Crippen LogP contribution in [-0.4, -0.2) is 5.91 Å². The summed E-state index contributed by atoms with van der Waals surface area (Å²) in [5.41, 5.74) is 2.00. The van der Waals surface area contributed by atoms with Crippen LogP contribution >= 0.6 is 0 Å². The molecule has 2 bridgehead atoms. The van der Waals surface area contributed by atoms with Gasteiger partial charge in [0, 0.05) is 0 Å². The highest BCUT2D eigenvalue weighted by Crippen LogP contribution is 2.48. The molecule has 1 saturated carbocycles. The first kappa shape index (κ1) is 6.85. The van der Waals surface area contributed by atoms with Gasteiger partial charge in [-0.05, 0) is 25.2 Å². The average Bonchev–Trinajstić information content (AvgIpc) is 2.62. The molecule has 1 fully saturated rings. The Morgan fingerprint density at radius 2 is 2.55 bits per heavy atom. The van der Waals surface area contributed by atoms with Gasteiger partial charge in [0.05, 0.1) is 5.41 Å². The molecule has 2 rings (SSSR count). The van der Waals surface area contributed by atoms with E-state index in [1.807, 2.05) is 6.08 Å². The third-order valence-corrected chi connectivity index (χ3v) is 2.86. The Hall–Kier alpha value is -0.830. The molecule has 0 radical (unpaired) electrons. The number of hydrogen-bond acceptors (Lipinski definition) is 2. The first-order chi connectivity index (χ1) is 5.27. The minimum absolute atomic E-state index is 0.0197. The van der Waals surface area contributed by atoms with Crippen LogP contribution in [0.1, 0.15) is 19.3 Å². The van der Waals surface area contributed by atoms with Gasteiger partial charge in [-0.15, -0.1) is 0 Å². The zero-order valence-corrected chi connectivity index (χ0v) is 6.34. The van der Waals surface area contributed by atoms with E-state index in [-0.39, 0.29) is 11.3 Å². The molecule has 0 aromatic rings. The Kier molecular flexibility index (Phi) is 1.29. The molecule has 0 saturated heterocycles. The number of fused-ring (bicyclic) bond motifs is 2. The summed E-state index contributed by atoms with van der Waals surface area (Å²) in [6.45, 7) is 0. The minimum atomic E-state index is -0.237. The summed E-state index contributed by atoms with van der Waals surface area (Å²) in [6, 6.07) is 0. The maximum atomic E-state index is 11.3. The molecule has 3 heteroatoms. The lowest BCUT2D eigenvalue weighted by molar-refractivity contribution is -0.128. The quantitative estimate of drug-likeness (QED) is 0.246. The molecule has 0 aliphatic heterocycles. The molecule has 0 heterocycles. The molecule has 2 aliphatic carbocycles. The van der Waals surface area contributed by atoms with Crippen molar-refractivity contribution in [2.75, 3.05) is 0 Å². The van der Waals surface area contributed by atoms with E-state index in [0.717, 1.165) is 19.3 Å². The lowest BCUT2D eigenvalue weighted by atomic mass is 9.87. The number of rotatable bonds is 1. The SMILES string of the molecule is NNC(=O)C12C=CC(CC1)C2. The van der Waals surface area contributed by atoms with Gasteiger partial charge in [-0.1, -0.05) is 12.2 Å². The molecule has 1 amide bonds. The molecular weight excluding hydrogens is 140 g/mol. The number of hydrogen-bond donors (Lipinski definition) is 2. The van der Waals surface area contributed by atoms with Gasteiger partial charge in [0.15, 0.2) is 0 Å². The lowest BCUT2D eigenvalue weighted by Crippen LogP contribution is -2.41. The summed E-state index contributed by atoms with van der Waals surface area (Å²) < 4.78 is 0. The van der Waals surface area contributed by atoms with Gasteiger partial charge < -0.3 is 0 Å². The second kappa shape index (κ2) is 2.08. The normalized spacial score (nSPS) is 39.5. The average molecular weight is 152 g/mol. The molecule has 3 N–H and O–H groups in total. The van der Waals surface area contributed by atoms with Crippen molar-refractivity contribution in [3.63, 3.8) is 0 Å². The molecule has 3 nitrogen and oxygen atoms in total. The first-order valence-corrected chi connectivity index (χ1v) is 3.97. The van der Waals surface area contributed by atoms with Gasteiger partial charge >= 0.3 is 0 Å². The molecule has 0 spiro atoms. The highest BCUT2D eigenvalue weighted by molar-refractivity contribution is 5.85. The van der Waals surface area contributed by atoms with Crippen LogP contribution in [0.4, 0.5) is 0 Å². The predicted molar refractivity (Wildman–Crippen MR) is 41.2 cm³/mol. The van der Waals surface area contributed by atoms with Gasteiger partial charge in [0.2, 0.25) is 5.91 Å². The van der Waals surface area contributed by atoms with E-state index in [9.17, 15) is 4.79 Å². The van der Waals surface area contributed by atoms with Crippen molar-refractivity contribution < 1.29 is 4.79 Å². The Morgan fingerprint density at radius 3 is 2.91 bits per heavy atom. The summed E-state index contributed by atoms with van der Waals surface area (Å²) in [4.78, 5) is 11.3. The molecular formula is C8H12N2O. The van der Waals surface area contributed by atoms with Crippen molar-refractivity contribution in [3.05, 3.63) is 12.2 Å². The fourth-order valence-electron chi connectivity index (χ4n) is 2.18. The molecule has 0 aromatic carbocycles. The zero-order chi connectivity index (χ0) is 7.90. The van der Waals surface area contributed by atoms with E-state index in [0.29, 0.717) is 5.92 Å². The maximum absolute atomic E-state index is 11.3. The van der Waals surface area contributed by atoms with Gasteiger partial charge in [0.1, 0.15) is 0 Å². The topological polar surface area (TPSA) is 55.1 Å². The Labute approximate surface area is 65.6 Å². The lowest BCUT2D eigenvalue weighted by Gasteiger charge is -2.20. The zero-order valence-electron chi connectivity index (χ0n) is 6.34. The Bertz CT molecular complexity index is 224. The van der Waals surface area contributed by atoms with E-state index >= 15 is 0 Å². The summed E-state index contributed by atoms with van der Waals surface area (Å²) in [5, 5.41) is 0. The number of carbonyl (C=O) groups excluding carboxylic acids is 1. The van der Waals surface area contributed by atoms with Crippen molar-refractivity contribution in [3.8, 4) is 0 Å². The van der Waals surface area contributed by atoms with Gasteiger partial charge in [-0.3, -0.25) is 10.2 Å². The summed E-state index contributed by atoms with van der Waals surface area (Å²) >= 11 is 0. The van der Waals surface area contributed by atoms with Crippen LogP contribution in [0.2, 0.25) is 0 Å². The summed E-state index contributed by atoms with van der Waals surface area (Å²) in [7, 11) is 0. The van der Waals surface area contributed by atoms with Crippen molar-refractivity contribution >= 4 is 5.91 Å². The van der Waals surface area contributed by atoms with Crippen LogP contribution in [0.5, 0.6) is 0 Å². The van der Waals surface area contributed by atoms with Crippen molar-refractivity contribution in [1.82, 2.24) is 5.43 Å². The first-order valence-electron chi connectivity index (χ1n) is 3.97. The third kappa shape index (κ3) is 0.807. The molecule has 11 heavy (non-hydrogen) atoms. The van der Waals surface area contributed by atoms with E-state index in [4.69, 9.17) is 5.84 Å². The summed E-state index contributed by atoms with van der Waals surface area (Å²) in [5.74, 6) is 5.71. The van der Waals surface area contributed by atoms with Crippen LogP contribution in [0, 0.1) is 11.3 Å². The standard InChI is InChI=1S/C8H12N2O/c9-10-7(11)8-3-1-6(5-8)2-4-8/h1,3,6H,2,4-5,9H2,(H,10,11). The molecule has 2 aliphatic rings. The number of amides is 1. The Morgan fingerprint density at radius 1 is 1.73 bits per heavy atom. The molecule has 2 atom stereocenters. The number of carbonyl (C=O) groups is 1. The number of allylic oxidation sites excluding steroid dienone is 1. The number of nitrogens with one attached hydrogen (secondary N) is 1. The van der Waals surface area contributed by atoms with E-state index in [1.165, 1.54) is 0 Å². The van der Waals surface area contributed by atoms with Crippen LogP contribution < -0.4 is 11.3 Å². The summed E-state index contributed by atoms with van der Waals surface area (Å²) in [6.07, 6.45) is 7.24. The molecule has 0 aromatic heterocycles. The van der Waals surface area contributed by atoms with Gasteiger partial charge in [-0.25, -0.2) is 5.84 Å². The van der Waals surface area contributed by atoms with Gasteiger partial charge in [0.25, 0.3) is 0 Å². The fraction of sp³-hybridized carbons (Fsp3) is 0.625. The predicted octanol–water partition coefficient (Wildman–Crippen LogP) is 0.333. The van der Waals surface area contributed by atoms with Crippen molar-refractivity contribution in [2.24, 2.45) is 17.2 Å². The molecule has 2 unspecified atom stereocenters. The number of nitrogens with two attached hydrogens (primary N) is 1. The van der Waals surface area contributed by atoms with Crippen LogP contribution in [-0.2, 0) is 4.79 Å². The number of hydrazine groups is 1. The maximum Gasteiger partial charge on any atom is 0.243 e. The molecule has 60 valence electrons. The van der Waals surface area contributed by atoms with E-state index in [1.54, 1.807) is 0 Å². The monoisotopic (exact) mass is 152 g/mol. The Balaban J connectivity index is 2.23. The minimum Gasteiger partial charge on any atom is -0.294 e.